The highest BCUT2D eigenvalue weighted by atomic mass is 16.5. The van der Waals surface area contributed by atoms with Gasteiger partial charge in [-0.1, -0.05) is 78.9 Å². The second-order valence-corrected chi connectivity index (χ2v) is 12.8. The van der Waals surface area contributed by atoms with Gasteiger partial charge in [-0.25, -0.2) is 4.79 Å². The molecule has 0 radical (unpaired) electrons. The van der Waals surface area contributed by atoms with Crippen molar-refractivity contribution in [3.63, 3.8) is 0 Å². The van der Waals surface area contributed by atoms with E-state index in [0.29, 0.717) is 33.0 Å². The molecule has 1 saturated heterocycles. The van der Waals surface area contributed by atoms with Crippen molar-refractivity contribution in [2.75, 3.05) is 26.3 Å². The van der Waals surface area contributed by atoms with Gasteiger partial charge in [0.25, 0.3) is 0 Å². The van der Waals surface area contributed by atoms with Crippen LogP contribution in [0.15, 0.2) is 128 Å². The van der Waals surface area contributed by atoms with Crippen molar-refractivity contribution in [3.8, 4) is 5.75 Å². The van der Waals surface area contributed by atoms with Crippen molar-refractivity contribution in [2.45, 2.75) is 44.4 Å². The number of carbonyl (C=O) groups is 1. The summed E-state index contributed by atoms with van der Waals surface area (Å²) in [6.45, 7) is 2.75. The van der Waals surface area contributed by atoms with Gasteiger partial charge in [-0.3, -0.25) is 9.97 Å². The Hall–Kier alpha value is -5.35. The number of hydrogen-bond acceptors (Lipinski definition) is 7. The van der Waals surface area contributed by atoms with E-state index in [2.05, 4.69) is 22.1 Å². The Morgan fingerprint density at radius 3 is 1.86 bits per heavy atom. The fourth-order valence-corrected chi connectivity index (χ4v) is 6.59. The van der Waals surface area contributed by atoms with Gasteiger partial charge >= 0.3 is 6.09 Å². The average molecular weight is 684 g/mol. The Balaban J connectivity index is 1.06. The van der Waals surface area contributed by atoms with Crippen molar-refractivity contribution < 1.29 is 28.8 Å². The quantitative estimate of drug-likeness (QED) is 0.115. The van der Waals surface area contributed by atoms with Crippen LogP contribution in [0.25, 0.3) is 21.8 Å². The normalized spacial score (nSPS) is 17.5. The average Bonchev–Trinajstić information content (AvgIpc) is 3.18. The van der Waals surface area contributed by atoms with Gasteiger partial charge in [0, 0.05) is 35.5 Å². The first-order valence-corrected chi connectivity index (χ1v) is 17.3. The van der Waals surface area contributed by atoms with Gasteiger partial charge in [0.2, 0.25) is 0 Å². The molecule has 2 unspecified atom stereocenters. The number of aromatic nitrogens is 2. The lowest BCUT2D eigenvalue weighted by molar-refractivity contribution is -0.0937. The van der Waals surface area contributed by atoms with Crippen molar-refractivity contribution in [1.29, 1.82) is 0 Å². The van der Waals surface area contributed by atoms with Crippen LogP contribution in [-0.4, -0.2) is 64.6 Å². The van der Waals surface area contributed by atoms with Crippen LogP contribution in [0.2, 0.25) is 0 Å². The van der Waals surface area contributed by atoms with Gasteiger partial charge in [0.15, 0.2) is 0 Å². The third-order valence-electron chi connectivity index (χ3n) is 9.22. The van der Waals surface area contributed by atoms with Crippen molar-refractivity contribution in [1.82, 2.24) is 14.9 Å². The Morgan fingerprint density at radius 1 is 0.667 bits per heavy atom. The number of rotatable bonds is 14. The molecule has 0 bridgehead atoms. The van der Waals surface area contributed by atoms with Gasteiger partial charge < -0.3 is 29.0 Å². The molecule has 0 saturated carbocycles. The van der Waals surface area contributed by atoms with Crippen LogP contribution in [0.3, 0.4) is 0 Å². The van der Waals surface area contributed by atoms with E-state index >= 15 is 0 Å². The second kappa shape index (κ2) is 16.6. The molecule has 51 heavy (non-hydrogen) atoms. The largest absolute Gasteiger partial charge is 0.494 e. The molecule has 6 aromatic rings. The minimum atomic E-state index is -1.00. The Morgan fingerprint density at radius 2 is 1.27 bits per heavy atom. The summed E-state index contributed by atoms with van der Waals surface area (Å²) in [7, 11) is 0. The molecule has 0 spiro atoms. The summed E-state index contributed by atoms with van der Waals surface area (Å²) >= 11 is 0. The van der Waals surface area contributed by atoms with Crippen LogP contribution in [0, 0.1) is 0 Å². The molecule has 2 aromatic heterocycles. The van der Waals surface area contributed by atoms with Crippen molar-refractivity contribution >= 4 is 27.9 Å². The van der Waals surface area contributed by atoms with Crippen LogP contribution in [-0.2, 0) is 34.0 Å². The molecule has 1 N–H and O–H groups in total. The molecule has 1 amide bonds. The Bertz CT molecular complexity index is 1950. The second-order valence-electron chi connectivity index (χ2n) is 12.8. The standard InChI is InChI=1S/C42H41N3O6/c46-42(47)45-25-39(50-28-31-11-13-33-9-4-19-43-37(33)23-31)41(40(26-45)51-29-32-12-14-34-10-5-20-44-38(34)24-32)35-15-17-36(18-16-35)49-22-6-21-48-27-30-7-2-1-3-8-30/h1-5,7-20,23-24,39-41H,6,21-22,25-29H2,(H,46,47). The van der Waals surface area contributed by atoms with E-state index in [1.165, 1.54) is 4.90 Å². The topological polar surface area (TPSA) is 103 Å². The first-order valence-electron chi connectivity index (χ1n) is 17.3. The molecule has 3 heterocycles. The minimum Gasteiger partial charge on any atom is -0.494 e. The van der Waals surface area contributed by atoms with Crippen LogP contribution in [0.1, 0.15) is 34.6 Å². The first-order chi connectivity index (χ1) is 25.1. The maximum atomic E-state index is 12.4. The summed E-state index contributed by atoms with van der Waals surface area (Å²) in [4.78, 5) is 22.8. The molecule has 2 atom stereocenters. The zero-order chi connectivity index (χ0) is 34.8. The maximum Gasteiger partial charge on any atom is 0.407 e. The zero-order valence-corrected chi connectivity index (χ0v) is 28.3. The number of carboxylic acid groups (broad SMARTS) is 1. The summed E-state index contributed by atoms with van der Waals surface area (Å²) in [6.07, 6.45) is 2.38. The molecule has 1 aliphatic rings. The van der Waals surface area contributed by atoms with Gasteiger partial charge in [-0.2, -0.15) is 0 Å². The number of fused-ring (bicyclic) bond motifs is 2. The highest BCUT2D eigenvalue weighted by molar-refractivity contribution is 5.79. The summed E-state index contributed by atoms with van der Waals surface area (Å²) in [5.74, 6) is 0.519. The number of amides is 1. The SMILES string of the molecule is O=C(O)N1CC(OCc2ccc3cccnc3c2)C(c2ccc(OCCCOCc3ccccc3)cc2)C(OCc2ccc3cccnc3c2)C1. The highest BCUT2D eigenvalue weighted by Crippen LogP contribution is 2.35. The van der Waals surface area contributed by atoms with E-state index in [0.717, 1.165) is 56.2 Å². The van der Waals surface area contributed by atoms with Gasteiger partial charge in [0.1, 0.15) is 5.75 Å². The zero-order valence-electron chi connectivity index (χ0n) is 28.3. The molecule has 1 fully saturated rings. The molecule has 0 aliphatic carbocycles. The first kappa shape index (κ1) is 34.1. The molecule has 9 nitrogen and oxygen atoms in total. The number of piperidine rings is 1. The molecule has 260 valence electrons. The number of likely N-dealkylation sites (tertiary alicyclic amines) is 1. The molecule has 1 aliphatic heterocycles. The van der Waals surface area contributed by atoms with E-state index in [4.69, 9.17) is 18.9 Å². The fraction of sp³-hybridized carbons (Fsp3) is 0.262. The third-order valence-corrected chi connectivity index (χ3v) is 9.22. The summed E-state index contributed by atoms with van der Waals surface area (Å²) < 4.78 is 25.0. The van der Waals surface area contributed by atoms with Crippen molar-refractivity contribution in [3.05, 3.63) is 150 Å². The van der Waals surface area contributed by atoms with Crippen LogP contribution >= 0.6 is 0 Å². The smallest absolute Gasteiger partial charge is 0.407 e. The Labute approximate surface area is 297 Å². The molecular formula is C42H41N3O6. The van der Waals surface area contributed by atoms with Gasteiger partial charge in [0.05, 0.1) is 69.4 Å². The van der Waals surface area contributed by atoms with Crippen molar-refractivity contribution in [2.24, 2.45) is 0 Å². The third kappa shape index (κ3) is 8.88. The monoisotopic (exact) mass is 683 g/mol. The lowest BCUT2D eigenvalue weighted by Crippen LogP contribution is -2.54. The highest BCUT2D eigenvalue weighted by Gasteiger charge is 2.41. The fourth-order valence-electron chi connectivity index (χ4n) is 6.59. The molecular weight excluding hydrogens is 642 g/mol. The number of nitrogens with zero attached hydrogens (tertiary/aromatic N) is 3. The lowest BCUT2D eigenvalue weighted by Gasteiger charge is -2.42. The molecule has 4 aromatic carbocycles. The lowest BCUT2D eigenvalue weighted by atomic mass is 9.84. The van der Waals surface area contributed by atoms with E-state index in [1.54, 1.807) is 12.4 Å². The summed E-state index contributed by atoms with van der Waals surface area (Å²) in [5, 5.41) is 12.2. The van der Waals surface area contributed by atoms with Crippen LogP contribution in [0.4, 0.5) is 4.79 Å². The maximum absolute atomic E-state index is 12.4. The summed E-state index contributed by atoms with van der Waals surface area (Å²) in [5.41, 5.74) is 5.84. The van der Waals surface area contributed by atoms with E-state index in [1.807, 2.05) is 103 Å². The number of pyridine rings is 2. The minimum absolute atomic E-state index is 0.215. The van der Waals surface area contributed by atoms with Gasteiger partial charge in [-0.05, 0) is 58.7 Å². The van der Waals surface area contributed by atoms with E-state index in [9.17, 15) is 9.90 Å². The number of ether oxygens (including phenoxy) is 4. The van der Waals surface area contributed by atoms with Crippen LogP contribution in [0.5, 0.6) is 5.75 Å². The van der Waals surface area contributed by atoms with Crippen LogP contribution < -0.4 is 4.74 Å². The van der Waals surface area contributed by atoms with Gasteiger partial charge in [-0.15, -0.1) is 0 Å². The number of hydrogen-bond donors (Lipinski definition) is 1. The molecule has 9 heteroatoms. The predicted molar refractivity (Wildman–Crippen MR) is 196 cm³/mol. The van der Waals surface area contributed by atoms with E-state index in [-0.39, 0.29) is 19.0 Å². The summed E-state index contributed by atoms with van der Waals surface area (Å²) in [6, 6.07) is 38.1. The number of benzene rings is 4. The molecule has 7 rings (SSSR count). The van der Waals surface area contributed by atoms with E-state index < -0.39 is 18.3 Å². The Kier molecular flexibility index (Phi) is 11.1. The predicted octanol–water partition coefficient (Wildman–Crippen LogP) is 8.02.